The van der Waals surface area contributed by atoms with Crippen LogP contribution in [-0.4, -0.2) is 27.1 Å². The fraction of sp³-hybridized carbons (Fsp3) is 0.522. The second kappa shape index (κ2) is 8.26. The Morgan fingerprint density at radius 2 is 1.75 bits per heavy atom. The van der Waals surface area contributed by atoms with E-state index in [1.165, 1.54) is 11.1 Å². The lowest BCUT2D eigenvalue weighted by molar-refractivity contribution is 0.153. The van der Waals surface area contributed by atoms with Crippen LogP contribution in [0.2, 0.25) is 0 Å². The molecule has 2 N–H and O–H groups in total. The Bertz CT molecular complexity index is 765. The summed E-state index contributed by atoms with van der Waals surface area (Å²) in [5.74, 6) is 0.919. The largest absolute Gasteiger partial charge is 0.467 e. The second-order valence-electron chi connectivity index (χ2n) is 9.37. The maximum absolute atomic E-state index is 5.86. The van der Waals surface area contributed by atoms with Gasteiger partial charge < -0.3 is 20.0 Å². The molecule has 0 saturated carbocycles. The van der Waals surface area contributed by atoms with Crippen molar-refractivity contribution in [3.05, 3.63) is 59.5 Å². The van der Waals surface area contributed by atoms with Crippen LogP contribution in [0.1, 0.15) is 57.4 Å². The predicted molar refractivity (Wildman–Crippen MR) is 119 cm³/mol. The summed E-state index contributed by atoms with van der Waals surface area (Å²) < 4.78 is 5.59. The molecule has 1 aromatic heterocycles. The Morgan fingerprint density at radius 3 is 2.32 bits per heavy atom. The summed E-state index contributed by atoms with van der Waals surface area (Å²) in [7, 11) is 0. The molecule has 0 atom stereocenters. The van der Waals surface area contributed by atoms with E-state index >= 15 is 0 Å². The summed E-state index contributed by atoms with van der Waals surface area (Å²) in [6, 6.07) is 12.9. The van der Waals surface area contributed by atoms with Crippen LogP contribution in [0.5, 0.6) is 0 Å². The van der Waals surface area contributed by atoms with Crippen LogP contribution in [0.4, 0.5) is 0 Å². The van der Waals surface area contributed by atoms with Gasteiger partial charge in [0.15, 0.2) is 5.11 Å². The van der Waals surface area contributed by atoms with Crippen molar-refractivity contribution in [3.63, 3.8) is 0 Å². The van der Waals surface area contributed by atoms with Gasteiger partial charge in [-0.3, -0.25) is 0 Å². The van der Waals surface area contributed by atoms with Crippen LogP contribution < -0.4 is 10.6 Å². The highest BCUT2D eigenvalue weighted by atomic mass is 32.1. The minimum absolute atomic E-state index is 0.0812. The Morgan fingerprint density at radius 1 is 1.11 bits per heavy atom. The highest BCUT2D eigenvalue weighted by molar-refractivity contribution is 7.80. The fourth-order valence-corrected chi connectivity index (χ4v) is 4.69. The van der Waals surface area contributed by atoms with Gasteiger partial charge in [-0.25, -0.2) is 0 Å². The lowest BCUT2D eigenvalue weighted by Crippen LogP contribution is -2.62. The molecule has 1 saturated heterocycles. The SMILES string of the molecule is Cc1ccc(CN(Cc2ccco2)C(=S)NC2CC(C)(C)NC(C)(C)C2)cc1. The van der Waals surface area contributed by atoms with Gasteiger partial charge in [-0.15, -0.1) is 0 Å². The summed E-state index contributed by atoms with van der Waals surface area (Å²) in [5, 5.41) is 8.17. The van der Waals surface area contributed by atoms with Gasteiger partial charge in [0.25, 0.3) is 0 Å². The quantitative estimate of drug-likeness (QED) is 0.709. The molecule has 0 amide bonds. The number of thiocarbonyl (C=S) groups is 1. The van der Waals surface area contributed by atoms with Gasteiger partial charge in [0.1, 0.15) is 5.76 Å². The molecular weight excluding hydrogens is 366 g/mol. The molecule has 2 heterocycles. The molecule has 0 bridgehead atoms. The van der Waals surface area contributed by atoms with Crippen LogP contribution in [0, 0.1) is 6.92 Å². The average molecular weight is 400 g/mol. The fourth-order valence-electron chi connectivity index (χ4n) is 4.39. The van der Waals surface area contributed by atoms with E-state index in [1.54, 1.807) is 6.26 Å². The predicted octanol–water partition coefficient (Wildman–Crippen LogP) is 4.77. The number of nitrogens with one attached hydrogen (secondary N) is 2. The zero-order chi connectivity index (χ0) is 20.4. The molecule has 5 heteroatoms. The molecular formula is C23H33N3OS. The molecule has 152 valence electrons. The second-order valence-corrected chi connectivity index (χ2v) is 9.76. The number of aryl methyl sites for hydroxylation is 1. The zero-order valence-electron chi connectivity index (χ0n) is 17.7. The van der Waals surface area contributed by atoms with Gasteiger partial charge in [0, 0.05) is 23.7 Å². The zero-order valence-corrected chi connectivity index (χ0v) is 18.5. The molecule has 0 unspecified atom stereocenters. The summed E-state index contributed by atoms with van der Waals surface area (Å²) in [6.45, 7) is 12.6. The molecule has 2 aromatic rings. The molecule has 28 heavy (non-hydrogen) atoms. The Kier molecular flexibility index (Phi) is 6.15. The molecule has 3 rings (SSSR count). The maximum atomic E-state index is 5.86. The summed E-state index contributed by atoms with van der Waals surface area (Å²) >= 11 is 5.86. The first-order chi connectivity index (χ1) is 13.1. The highest BCUT2D eigenvalue weighted by Crippen LogP contribution is 2.28. The highest BCUT2D eigenvalue weighted by Gasteiger charge is 2.38. The van der Waals surface area contributed by atoms with Crippen molar-refractivity contribution in [1.82, 2.24) is 15.5 Å². The van der Waals surface area contributed by atoms with Crippen LogP contribution in [0.15, 0.2) is 47.1 Å². The van der Waals surface area contributed by atoms with Gasteiger partial charge >= 0.3 is 0 Å². The van der Waals surface area contributed by atoms with E-state index in [0.29, 0.717) is 12.6 Å². The molecule has 0 radical (unpaired) electrons. The van der Waals surface area contributed by atoms with E-state index in [1.807, 2.05) is 12.1 Å². The summed E-state index contributed by atoms with van der Waals surface area (Å²) in [6.07, 6.45) is 3.79. The normalized spacial score (nSPS) is 18.6. The van der Waals surface area contributed by atoms with E-state index in [-0.39, 0.29) is 11.1 Å². The Balaban J connectivity index is 1.73. The van der Waals surface area contributed by atoms with Gasteiger partial charge in [-0.05, 0) is 77.4 Å². The van der Waals surface area contributed by atoms with Crippen molar-refractivity contribution in [2.75, 3.05) is 0 Å². The van der Waals surface area contributed by atoms with E-state index < -0.39 is 0 Å². The van der Waals surface area contributed by atoms with Crippen molar-refractivity contribution in [2.24, 2.45) is 0 Å². The topological polar surface area (TPSA) is 40.4 Å². The minimum Gasteiger partial charge on any atom is -0.467 e. The summed E-state index contributed by atoms with van der Waals surface area (Å²) in [5.41, 5.74) is 2.67. The third kappa shape index (κ3) is 5.82. The molecule has 4 nitrogen and oxygen atoms in total. The number of nitrogens with zero attached hydrogens (tertiary/aromatic N) is 1. The number of furan rings is 1. The minimum atomic E-state index is 0.0812. The van der Waals surface area contributed by atoms with E-state index in [0.717, 1.165) is 30.3 Å². The standard InChI is InChI=1S/C23H33N3OS/c1-17-8-10-18(11-9-17)15-26(16-20-7-6-12-27-20)21(28)24-19-13-22(2,3)25-23(4,5)14-19/h6-12,19,25H,13-16H2,1-5H3,(H,24,28). The molecule has 1 aromatic carbocycles. The first kappa shape index (κ1) is 20.9. The van der Waals surface area contributed by atoms with E-state index in [4.69, 9.17) is 16.6 Å². The molecule has 1 aliphatic heterocycles. The van der Waals surface area contributed by atoms with Crippen molar-refractivity contribution < 1.29 is 4.42 Å². The van der Waals surface area contributed by atoms with Crippen LogP contribution in [-0.2, 0) is 13.1 Å². The van der Waals surface area contributed by atoms with E-state index in [9.17, 15) is 0 Å². The lowest BCUT2D eigenvalue weighted by atomic mass is 9.80. The third-order valence-corrected chi connectivity index (χ3v) is 5.60. The van der Waals surface area contributed by atoms with Crippen molar-refractivity contribution in [2.45, 2.75) is 77.7 Å². The molecule has 0 spiro atoms. The number of rotatable bonds is 5. The van der Waals surface area contributed by atoms with Crippen molar-refractivity contribution in [3.8, 4) is 0 Å². The van der Waals surface area contributed by atoms with Crippen molar-refractivity contribution >= 4 is 17.3 Å². The lowest BCUT2D eigenvalue weighted by Gasteiger charge is -2.47. The number of hydrogen-bond acceptors (Lipinski definition) is 3. The first-order valence-electron chi connectivity index (χ1n) is 10.0. The summed E-state index contributed by atoms with van der Waals surface area (Å²) in [4.78, 5) is 2.20. The maximum Gasteiger partial charge on any atom is 0.169 e. The Labute approximate surface area is 174 Å². The van der Waals surface area contributed by atoms with Crippen LogP contribution >= 0.6 is 12.2 Å². The van der Waals surface area contributed by atoms with Crippen molar-refractivity contribution in [1.29, 1.82) is 0 Å². The smallest absolute Gasteiger partial charge is 0.169 e. The molecule has 1 fully saturated rings. The number of hydrogen-bond donors (Lipinski definition) is 2. The third-order valence-electron chi connectivity index (χ3n) is 5.23. The Hall–Kier alpha value is -1.85. The van der Waals surface area contributed by atoms with Gasteiger partial charge in [-0.1, -0.05) is 29.8 Å². The van der Waals surface area contributed by atoms with Gasteiger partial charge in [-0.2, -0.15) is 0 Å². The molecule has 0 aliphatic carbocycles. The number of piperidine rings is 1. The van der Waals surface area contributed by atoms with Gasteiger partial charge in [0.05, 0.1) is 12.8 Å². The average Bonchev–Trinajstić information content (AvgIpc) is 3.06. The van der Waals surface area contributed by atoms with E-state index in [2.05, 4.69) is 74.4 Å². The van der Waals surface area contributed by atoms with Crippen LogP contribution in [0.3, 0.4) is 0 Å². The van der Waals surface area contributed by atoms with Gasteiger partial charge in [0.2, 0.25) is 0 Å². The first-order valence-corrected chi connectivity index (χ1v) is 10.5. The molecule has 1 aliphatic rings. The van der Waals surface area contributed by atoms with Crippen LogP contribution in [0.25, 0.3) is 0 Å². The number of benzene rings is 1. The monoisotopic (exact) mass is 399 g/mol.